The summed E-state index contributed by atoms with van der Waals surface area (Å²) in [6.45, 7) is 0. The van der Waals surface area contributed by atoms with Gasteiger partial charge in [-0.1, -0.05) is 37.8 Å². The van der Waals surface area contributed by atoms with Gasteiger partial charge in [-0.3, -0.25) is 0 Å². The summed E-state index contributed by atoms with van der Waals surface area (Å²) in [5, 5.41) is 10.0. The molecule has 0 bridgehead atoms. The number of benzene rings is 1. The molecule has 1 atom stereocenters. The Morgan fingerprint density at radius 2 is 1.80 bits per heavy atom. The van der Waals surface area contributed by atoms with Crippen molar-refractivity contribution in [2.24, 2.45) is 5.92 Å². The highest BCUT2D eigenvalue weighted by Gasteiger charge is 2.19. The van der Waals surface area contributed by atoms with E-state index in [2.05, 4.69) is 0 Å². The largest absolute Gasteiger partial charge is 0.399 e. The molecule has 1 aliphatic carbocycles. The Labute approximate surface area is 91.1 Å². The minimum absolute atomic E-state index is 0.311. The smallest absolute Gasteiger partial charge is 0.0792 e. The van der Waals surface area contributed by atoms with Gasteiger partial charge >= 0.3 is 0 Å². The molecule has 2 heteroatoms. The summed E-state index contributed by atoms with van der Waals surface area (Å²) in [6.07, 6.45) is 5.83. The number of hydrogen-bond acceptors (Lipinski definition) is 2. The van der Waals surface area contributed by atoms with Gasteiger partial charge in [0.1, 0.15) is 0 Å². The fourth-order valence-corrected chi connectivity index (χ4v) is 2.42. The fraction of sp³-hybridized carbons (Fsp3) is 0.538. The average Bonchev–Trinajstić information content (AvgIpc) is 2.71. The Hall–Kier alpha value is -1.02. The summed E-state index contributed by atoms with van der Waals surface area (Å²) < 4.78 is 0. The number of hydrogen-bond donors (Lipinski definition) is 2. The minimum atomic E-state index is -0.311. The molecule has 0 aromatic heterocycles. The van der Waals surface area contributed by atoms with E-state index in [0.717, 1.165) is 23.6 Å². The Kier molecular flexibility index (Phi) is 3.27. The third-order valence-electron chi connectivity index (χ3n) is 3.35. The maximum atomic E-state index is 10.0. The zero-order valence-electron chi connectivity index (χ0n) is 9.02. The number of nitrogen functional groups attached to an aromatic ring is 1. The average molecular weight is 205 g/mol. The summed E-state index contributed by atoms with van der Waals surface area (Å²) in [7, 11) is 0. The molecule has 0 saturated heterocycles. The molecule has 15 heavy (non-hydrogen) atoms. The number of aliphatic hydroxyl groups excluding tert-OH is 1. The van der Waals surface area contributed by atoms with Crippen molar-refractivity contribution in [2.75, 3.05) is 5.73 Å². The van der Waals surface area contributed by atoms with Gasteiger partial charge in [0.05, 0.1) is 6.10 Å². The van der Waals surface area contributed by atoms with Crippen molar-refractivity contribution in [1.82, 2.24) is 0 Å². The van der Waals surface area contributed by atoms with Crippen LogP contribution < -0.4 is 5.73 Å². The molecule has 82 valence electrons. The van der Waals surface area contributed by atoms with Gasteiger partial charge in [0, 0.05) is 5.69 Å². The Morgan fingerprint density at radius 1 is 1.20 bits per heavy atom. The highest BCUT2D eigenvalue weighted by molar-refractivity contribution is 5.39. The van der Waals surface area contributed by atoms with Crippen LogP contribution in [0.5, 0.6) is 0 Å². The first kappa shape index (κ1) is 10.5. The van der Waals surface area contributed by atoms with Gasteiger partial charge in [0.2, 0.25) is 0 Å². The van der Waals surface area contributed by atoms with Gasteiger partial charge in [-0.25, -0.2) is 0 Å². The summed E-state index contributed by atoms with van der Waals surface area (Å²) in [5.41, 5.74) is 7.36. The molecule has 0 amide bonds. The zero-order chi connectivity index (χ0) is 10.7. The van der Waals surface area contributed by atoms with Crippen LogP contribution in [0.15, 0.2) is 24.3 Å². The van der Waals surface area contributed by atoms with E-state index in [4.69, 9.17) is 5.73 Å². The van der Waals surface area contributed by atoms with Gasteiger partial charge in [-0.05, 0) is 30.0 Å². The van der Waals surface area contributed by atoms with E-state index in [0.29, 0.717) is 0 Å². The van der Waals surface area contributed by atoms with Gasteiger partial charge in [0.25, 0.3) is 0 Å². The second-order valence-electron chi connectivity index (χ2n) is 4.57. The van der Waals surface area contributed by atoms with Crippen molar-refractivity contribution in [1.29, 1.82) is 0 Å². The lowest BCUT2D eigenvalue weighted by Gasteiger charge is -2.15. The van der Waals surface area contributed by atoms with Gasteiger partial charge < -0.3 is 10.8 Å². The van der Waals surface area contributed by atoms with Gasteiger partial charge in [0.15, 0.2) is 0 Å². The summed E-state index contributed by atoms with van der Waals surface area (Å²) in [6, 6.07) is 7.56. The van der Waals surface area contributed by atoms with Crippen LogP contribution in [-0.4, -0.2) is 5.11 Å². The molecule has 0 spiro atoms. The van der Waals surface area contributed by atoms with E-state index in [1.54, 1.807) is 0 Å². The van der Waals surface area contributed by atoms with Crippen LogP contribution in [0.4, 0.5) is 5.69 Å². The lowest BCUT2D eigenvalue weighted by atomic mass is 9.96. The standard InChI is InChI=1S/C13H19NO/c14-12-7-5-11(6-8-12)13(15)9-10-3-1-2-4-10/h5-8,10,13,15H,1-4,9,14H2. The summed E-state index contributed by atoms with van der Waals surface area (Å²) >= 11 is 0. The highest BCUT2D eigenvalue weighted by Crippen LogP contribution is 2.32. The van der Waals surface area contributed by atoms with E-state index in [1.807, 2.05) is 24.3 Å². The Morgan fingerprint density at radius 3 is 2.40 bits per heavy atom. The number of rotatable bonds is 3. The molecule has 1 unspecified atom stereocenters. The van der Waals surface area contributed by atoms with Crippen molar-refractivity contribution < 1.29 is 5.11 Å². The number of anilines is 1. The third-order valence-corrected chi connectivity index (χ3v) is 3.35. The highest BCUT2D eigenvalue weighted by atomic mass is 16.3. The predicted molar refractivity (Wildman–Crippen MR) is 62.4 cm³/mol. The molecule has 0 heterocycles. The number of aliphatic hydroxyl groups is 1. The molecule has 0 radical (unpaired) electrons. The van der Waals surface area contributed by atoms with Crippen LogP contribution >= 0.6 is 0 Å². The number of nitrogens with two attached hydrogens (primary N) is 1. The topological polar surface area (TPSA) is 46.2 Å². The Balaban J connectivity index is 1.94. The zero-order valence-corrected chi connectivity index (χ0v) is 9.02. The second-order valence-corrected chi connectivity index (χ2v) is 4.57. The molecule has 3 N–H and O–H groups in total. The predicted octanol–water partition coefficient (Wildman–Crippen LogP) is 2.88. The quantitative estimate of drug-likeness (QED) is 0.745. The summed E-state index contributed by atoms with van der Waals surface area (Å²) in [4.78, 5) is 0. The lowest BCUT2D eigenvalue weighted by Crippen LogP contribution is -2.04. The molecule has 2 rings (SSSR count). The summed E-state index contributed by atoms with van der Waals surface area (Å²) in [5.74, 6) is 0.720. The Bertz CT molecular complexity index is 301. The lowest BCUT2D eigenvalue weighted by molar-refractivity contribution is 0.145. The normalized spacial score (nSPS) is 19.3. The SMILES string of the molecule is Nc1ccc(C(O)CC2CCCC2)cc1. The van der Waals surface area contributed by atoms with E-state index in [9.17, 15) is 5.11 Å². The van der Waals surface area contributed by atoms with E-state index >= 15 is 0 Å². The maximum Gasteiger partial charge on any atom is 0.0792 e. The first-order valence-corrected chi connectivity index (χ1v) is 5.79. The van der Waals surface area contributed by atoms with Crippen molar-refractivity contribution >= 4 is 5.69 Å². The van der Waals surface area contributed by atoms with Crippen LogP contribution in [0, 0.1) is 5.92 Å². The minimum Gasteiger partial charge on any atom is -0.399 e. The molecular weight excluding hydrogens is 186 g/mol. The third kappa shape index (κ3) is 2.72. The first-order chi connectivity index (χ1) is 7.25. The molecule has 1 aliphatic rings. The van der Waals surface area contributed by atoms with Gasteiger partial charge in [-0.15, -0.1) is 0 Å². The molecule has 2 nitrogen and oxygen atoms in total. The van der Waals surface area contributed by atoms with Crippen molar-refractivity contribution in [3.8, 4) is 0 Å². The molecular formula is C13H19NO. The van der Waals surface area contributed by atoms with Gasteiger partial charge in [-0.2, -0.15) is 0 Å². The second kappa shape index (κ2) is 4.67. The van der Waals surface area contributed by atoms with Crippen LogP contribution in [0.25, 0.3) is 0 Å². The first-order valence-electron chi connectivity index (χ1n) is 5.79. The van der Waals surface area contributed by atoms with E-state index < -0.39 is 0 Å². The molecule has 0 aliphatic heterocycles. The van der Waals surface area contributed by atoms with Crippen LogP contribution in [0.2, 0.25) is 0 Å². The van der Waals surface area contributed by atoms with Crippen molar-refractivity contribution in [3.05, 3.63) is 29.8 Å². The fourth-order valence-electron chi connectivity index (χ4n) is 2.42. The van der Waals surface area contributed by atoms with E-state index in [1.165, 1.54) is 25.7 Å². The van der Waals surface area contributed by atoms with Crippen LogP contribution in [0.3, 0.4) is 0 Å². The van der Waals surface area contributed by atoms with Crippen LogP contribution in [0.1, 0.15) is 43.8 Å². The van der Waals surface area contributed by atoms with Crippen molar-refractivity contribution in [2.45, 2.75) is 38.2 Å². The molecule has 1 aromatic rings. The monoisotopic (exact) mass is 205 g/mol. The van der Waals surface area contributed by atoms with E-state index in [-0.39, 0.29) is 6.10 Å². The van der Waals surface area contributed by atoms with Crippen molar-refractivity contribution in [3.63, 3.8) is 0 Å². The molecule has 1 aromatic carbocycles. The molecule has 1 fully saturated rings. The molecule has 1 saturated carbocycles. The van der Waals surface area contributed by atoms with Crippen LogP contribution in [-0.2, 0) is 0 Å². The maximum absolute atomic E-state index is 10.0.